The molecule has 0 aromatic heterocycles. The molecule has 3 aliphatic rings. The highest BCUT2D eigenvalue weighted by Gasteiger charge is 2.44. The van der Waals surface area contributed by atoms with Crippen molar-refractivity contribution >= 4 is 17.5 Å². The maximum absolute atomic E-state index is 13.5. The topological polar surface area (TPSA) is 66.0 Å². The van der Waals surface area contributed by atoms with E-state index in [1.807, 2.05) is 51.2 Å². The van der Waals surface area contributed by atoms with Crippen molar-refractivity contribution < 1.29 is 23.7 Å². The lowest BCUT2D eigenvalue weighted by Gasteiger charge is -2.38. The fraction of sp³-hybridized carbons (Fsp3) is 0.348. The van der Waals surface area contributed by atoms with Crippen molar-refractivity contribution in [2.24, 2.45) is 0 Å². The second-order valence-electron chi connectivity index (χ2n) is 8.04. The van der Waals surface area contributed by atoms with E-state index >= 15 is 0 Å². The Bertz CT molecular complexity index is 1060. The molecular formula is C23H23NO5. The van der Waals surface area contributed by atoms with Gasteiger partial charge in [-0.1, -0.05) is 0 Å². The van der Waals surface area contributed by atoms with E-state index in [1.54, 1.807) is 13.2 Å². The van der Waals surface area contributed by atoms with E-state index in [0.717, 1.165) is 22.6 Å². The number of hydrogen-bond acceptors (Lipinski definition) is 6. The van der Waals surface area contributed by atoms with Crippen LogP contribution in [0.5, 0.6) is 23.0 Å². The fourth-order valence-corrected chi connectivity index (χ4v) is 4.26. The van der Waals surface area contributed by atoms with Crippen LogP contribution in [-0.2, 0) is 0 Å². The summed E-state index contributed by atoms with van der Waals surface area (Å²) in [6, 6.07) is 7.40. The van der Waals surface area contributed by atoms with E-state index in [0.29, 0.717) is 29.4 Å². The van der Waals surface area contributed by atoms with Crippen molar-refractivity contribution in [2.45, 2.75) is 31.5 Å². The zero-order valence-corrected chi connectivity index (χ0v) is 16.9. The van der Waals surface area contributed by atoms with E-state index in [2.05, 4.69) is 5.32 Å². The van der Waals surface area contributed by atoms with E-state index in [9.17, 15) is 4.79 Å². The van der Waals surface area contributed by atoms with Crippen molar-refractivity contribution in [3.05, 3.63) is 47.0 Å². The largest absolute Gasteiger partial charge is 0.495 e. The molecule has 6 heteroatoms. The number of fused-ring (bicyclic) bond motifs is 6. The van der Waals surface area contributed by atoms with Crippen molar-refractivity contribution in [1.82, 2.24) is 0 Å². The van der Waals surface area contributed by atoms with Crippen LogP contribution in [0.2, 0.25) is 0 Å². The van der Waals surface area contributed by atoms with E-state index < -0.39 is 17.6 Å². The van der Waals surface area contributed by atoms with Crippen LogP contribution in [0.1, 0.15) is 41.3 Å². The number of nitrogens with one attached hydrogen (secondary N) is 1. The van der Waals surface area contributed by atoms with Crippen LogP contribution in [0.4, 0.5) is 5.69 Å². The highest BCUT2D eigenvalue weighted by molar-refractivity contribution is 6.06. The number of Topliss-reactive ketones (excluding diaryl/α,β-unsaturated/α-hetero) is 1. The molecular weight excluding hydrogens is 370 g/mol. The van der Waals surface area contributed by atoms with E-state index in [-0.39, 0.29) is 5.78 Å². The van der Waals surface area contributed by atoms with E-state index in [4.69, 9.17) is 18.9 Å². The van der Waals surface area contributed by atoms with Crippen molar-refractivity contribution in [2.75, 3.05) is 26.1 Å². The number of carbonyl (C=O) groups is 1. The molecule has 5 rings (SSSR count). The van der Waals surface area contributed by atoms with Crippen LogP contribution in [0.25, 0.3) is 6.08 Å². The Morgan fingerprint density at radius 2 is 2.03 bits per heavy atom. The lowest BCUT2D eigenvalue weighted by Crippen LogP contribution is -2.43. The third kappa shape index (κ3) is 2.66. The van der Waals surface area contributed by atoms with Gasteiger partial charge in [-0.2, -0.15) is 0 Å². The van der Waals surface area contributed by atoms with Crippen LogP contribution in [-0.4, -0.2) is 38.3 Å². The monoisotopic (exact) mass is 393 g/mol. The Balaban J connectivity index is 1.61. The molecule has 2 unspecified atom stereocenters. The molecule has 0 amide bonds. The highest BCUT2D eigenvalue weighted by Crippen LogP contribution is 2.49. The van der Waals surface area contributed by atoms with Gasteiger partial charge in [0.15, 0.2) is 5.78 Å². The van der Waals surface area contributed by atoms with Crippen LogP contribution >= 0.6 is 0 Å². The Labute approximate surface area is 169 Å². The van der Waals surface area contributed by atoms with Gasteiger partial charge in [0.1, 0.15) is 41.3 Å². The fourth-order valence-electron chi connectivity index (χ4n) is 4.26. The lowest BCUT2D eigenvalue weighted by molar-refractivity contribution is 0.0554. The molecule has 0 bridgehead atoms. The zero-order chi connectivity index (χ0) is 20.3. The van der Waals surface area contributed by atoms with Gasteiger partial charge in [0, 0.05) is 18.7 Å². The summed E-state index contributed by atoms with van der Waals surface area (Å²) in [5.41, 5.74) is 2.59. The standard InChI is InChI=1S/C23H23NO5/c1-23(2)8-7-12-16(29-23)6-5-13-21(25)20-14-9-18(26-4)15(24-3)10-17(14)27-11-19(20)28-22(12)13/h5-10,19-20,24H,11H2,1-4H3. The average Bonchev–Trinajstić information content (AvgIpc) is 2.71. The Hall–Kier alpha value is -3.15. The van der Waals surface area contributed by atoms with Gasteiger partial charge in [0.25, 0.3) is 0 Å². The first-order valence-electron chi connectivity index (χ1n) is 9.70. The second kappa shape index (κ2) is 6.17. The van der Waals surface area contributed by atoms with Gasteiger partial charge in [-0.15, -0.1) is 0 Å². The molecule has 2 aromatic rings. The van der Waals surface area contributed by atoms with Crippen LogP contribution in [0.15, 0.2) is 30.3 Å². The third-order valence-corrected chi connectivity index (χ3v) is 5.71. The molecule has 0 aliphatic carbocycles. The molecule has 3 aliphatic heterocycles. The number of methoxy groups -OCH3 is 1. The second-order valence-corrected chi connectivity index (χ2v) is 8.04. The van der Waals surface area contributed by atoms with Gasteiger partial charge in [0.05, 0.1) is 29.8 Å². The molecule has 0 radical (unpaired) electrons. The minimum Gasteiger partial charge on any atom is -0.495 e. The molecule has 3 heterocycles. The number of anilines is 1. The number of ketones is 1. The maximum Gasteiger partial charge on any atom is 0.178 e. The van der Waals surface area contributed by atoms with Crippen molar-refractivity contribution in [3.63, 3.8) is 0 Å². The summed E-state index contributed by atoms with van der Waals surface area (Å²) in [6.45, 7) is 4.29. The van der Waals surface area contributed by atoms with Crippen LogP contribution in [0, 0.1) is 0 Å². The maximum atomic E-state index is 13.5. The lowest BCUT2D eigenvalue weighted by atomic mass is 9.81. The molecule has 6 nitrogen and oxygen atoms in total. The van der Waals surface area contributed by atoms with Gasteiger partial charge in [-0.25, -0.2) is 0 Å². The first kappa shape index (κ1) is 17.9. The van der Waals surface area contributed by atoms with Gasteiger partial charge >= 0.3 is 0 Å². The normalized spacial score (nSPS) is 22.7. The number of ether oxygens (including phenoxy) is 4. The SMILES string of the molecule is CNc1cc2c(cc1OC)C1C(=O)c3ccc4c(c3OC1CO2)C=CC(C)(C)O4. The molecule has 0 saturated carbocycles. The summed E-state index contributed by atoms with van der Waals surface area (Å²) in [5, 5.41) is 3.09. The quantitative estimate of drug-likeness (QED) is 0.831. The Morgan fingerprint density at radius 1 is 1.21 bits per heavy atom. The van der Waals surface area contributed by atoms with Crippen molar-refractivity contribution in [1.29, 1.82) is 0 Å². The predicted molar refractivity (Wildman–Crippen MR) is 110 cm³/mol. The molecule has 2 atom stereocenters. The van der Waals surface area contributed by atoms with Crippen LogP contribution < -0.4 is 24.3 Å². The minimum absolute atomic E-state index is 0.0288. The zero-order valence-electron chi connectivity index (χ0n) is 16.9. The molecule has 0 saturated heterocycles. The number of benzene rings is 2. The molecule has 150 valence electrons. The summed E-state index contributed by atoms with van der Waals surface area (Å²) >= 11 is 0. The van der Waals surface area contributed by atoms with E-state index in [1.165, 1.54) is 0 Å². The van der Waals surface area contributed by atoms with Gasteiger partial charge in [-0.05, 0) is 44.2 Å². The molecule has 0 spiro atoms. The highest BCUT2D eigenvalue weighted by atomic mass is 16.5. The molecule has 1 N–H and O–H groups in total. The summed E-state index contributed by atoms with van der Waals surface area (Å²) in [6.07, 6.45) is 3.56. The molecule has 0 fully saturated rings. The number of rotatable bonds is 2. The smallest absolute Gasteiger partial charge is 0.178 e. The number of hydrogen-bond donors (Lipinski definition) is 1. The number of carbonyl (C=O) groups excluding carboxylic acids is 1. The molecule has 29 heavy (non-hydrogen) atoms. The summed E-state index contributed by atoms with van der Waals surface area (Å²) < 4.78 is 23.8. The Kier molecular flexibility index (Phi) is 3.81. The van der Waals surface area contributed by atoms with Gasteiger partial charge < -0.3 is 24.3 Å². The minimum atomic E-state index is -0.436. The first-order chi connectivity index (χ1) is 13.9. The predicted octanol–water partition coefficient (Wildman–Crippen LogP) is 4.04. The third-order valence-electron chi connectivity index (χ3n) is 5.71. The van der Waals surface area contributed by atoms with Gasteiger partial charge in [-0.3, -0.25) is 4.79 Å². The molecule has 2 aromatic carbocycles. The first-order valence-corrected chi connectivity index (χ1v) is 9.70. The summed E-state index contributed by atoms with van der Waals surface area (Å²) in [5.74, 6) is 2.24. The van der Waals surface area contributed by atoms with Crippen molar-refractivity contribution in [3.8, 4) is 23.0 Å². The Morgan fingerprint density at radius 3 is 2.79 bits per heavy atom. The van der Waals surface area contributed by atoms with Crippen LogP contribution in [0.3, 0.4) is 0 Å². The summed E-state index contributed by atoms with van der Waals surface area (Å²) in [7, 11) is 3.43. The summed E-state index contributed by atoms with van der Waals surface area (Å²) in [4.78, 5) is 13.5. The van der Waals surface area contributed by atoms with Gasteiger partial charge in [0.2, 0.25) is 0 Å². The average molecular weight is 393 g/mol.